The Morgan fingerprint density at radius 3 is 1.44 bits per heavy atom. The van der Waals surface area contributed by atoms with Gasteiger partial charge in [0.2, 0.25) is 0 Å². The Bertz CT molecular complexity index is 2150. The van der Waals surface area contributed by atoms with Gasteiger partial charge in [-0.3, -0.25) is 0 Å². The fraction of sp³-hybridized carbons (Fsp3) is 0. The molecule has 4 nitrogen and oxygen atoms in total. The van der Waals surface area contributed by atoms with Crippen molar-refractivity contribution >= 4 is 21.9 Å². The summed E-state index contributed by atoms with van der Waals surface area (Å²) in [5.74, 6) is 1.88. The molecule has 0 fully saturated rings. The first-order chi connectivity index (χ1) is 21.3. The number of hydrogen-bond donors (Lipinski definition) is 0. The van der Waals surface area contributed by atoms with Gasteiger partial charge >= 0.3 is 0 Å². The quantitative estimate of drug-likeness (QED) is 0.214. The van der Waals surface area contributed by atoms with Crippen molar-refractivity contribution in [2.24, 2.45) is 0 Å². The van der Waals surface area contributed by atoms with Crippen molar-refractivity contribution in [1.29, 1.82) is 0 Å². The number of nitrogens with zero attached hydrogens (tertiary/aromatic N) is 3. The zero-order valence-corrected chi connectivity index (χ0v) is 23.2. The molecule has 0 N–H and O–H groups in total. The molecule has 8 aromatic rings. The monoisotopic (exact) mass is 551 g/mol. The number of furan rings is 1. The highest BCUT2D eigenvalue weighted by Crippen LogP contribution is 2.39. The molecule has 0 saturated heterocycles. The van der Waals surface area contributed by atoms with E-state index in [1.54, 1.807) is 0 Å². The number of fused-ring (bicyclic) bond motifs is 3. The lowest BCUT2D eigenvalue weighted by molar-refractivity contribution is 0.669. The second kappa shape index (κ2) is 10.5. The molecule has 43 heavy (non-hydrogen) atoms. The fourth-order valence-electron chi connectivity index (χ4n) is 5.60. The smallest absolute Gasteiger partial charge is 0.164 e. The van der Waals surface area contributed by atoms with Gasteiger partial charge in [-0.05, 0) is 40.5 Å². The van der Waals surface area contributed by atoms with Gasteiger partial charge in [-0.1, -0.05) is 133 Å². The van der Waals surface area contributed by atoms with E-state index in [-0.39, 0.29) is 0 Å². The second-order valence-corrected chi connectivity index (χ2v) is 10.5. The van der Waals surface area contributed by atoms with Crippen molar-refractivity contribution < 1.29 is 4.42 Å². The molecular weight excluding hydrogens is 526 g/mol. The van der Waals surface area contributed by atoms with Gasteiger partial charge < -0.3 is 4.42 Å². The van der Waals surface area contributed by atoms with Gasteiger partial charge in [0.25, 0.3) is 0 Å². The molecule has 2 heterocycles. The summed E-state index contributed by atoms with van der Waals surface area (Å²) in [6.45, 7) is 0. The lowest BCUT2D eigenvalue weighted by Gasteiger charge is -2.13. The predicted octanol–water partition coefficient (Wildman–Crippen LogP) is 10.1. The molecule has 0 radical (unpaired) electrons. The molecule has 0 spiro atoms. The number of benzene rings is 6. The summed E-state index contributed by atoms with van der Waals surface area (Å²) in [6.07, 6.45) is 0. The summed E-state index contributed by atoms with van der Waals surface area (Å²) in [5, 5.41) is 2.09. The van der Waals surface area contributed by atoms with E-state index in [0.717, 1.165) is 55.3 Å². The Morgan fingerprint density at radius 2 is 0.814 bits per heavy atom. The highest BCUT2D eigenvalue weighted by molar-refractivity contribution is 6.08. The van der Waals surface area contributed by atoms with Crippen LogP contribution >= 0.6 is 0 Å². The zero-order valence-electron chi connectivity index (χ0n) is 23.2. The van der Waals surface area contributed by atoms with Gasteiger partial charge in [0.15, 0.2) is 17.5 Å². The van der Waals surface area contributed by atoms with Gasteiger partial charge in [0.1, 0.15) is 11.2 Å². The van der Waals surface area contributed by atoms with Crippen molar-refractivity contribution in [2.45, 2.75) is 0 Å². The molecule has 0 amide bonds. The van der Waals surface area contributed by atoms with E-state index in [4.69, 9.17) is 19.4 Å². The van der Waals surface area contributed by atoms with Crippen molar-refractivity contribution in [3.05, 3.63) is 152 Å². The largest absolute Gasteiger partial charge is 0.456 e. The molecule has 202 valence electrons. The maximum absolute atomic E-state index is 6.33. The average Bonchev–Trinajstić information content (AvgIpc) is 3.46. The summed E-state index contributed by atoms with van der Waals surface area (Å²) < 4.78 is 6.33. The SMILES string of the molecule is c1ccc(-c2ccc(-c3cc4oc5ccccc5c4cc3-c3nc(-c4ccccc4)nc(-c4ccccc4)n3)cc2)cc1. The molecule has 0 saturated carbocycles. The van der Waals surface area contributed by atoms with E-state index in [2.05, 4.69) is 66.7 Å². The average molecular weight is 552 g/mol. The highest BCUT2D eigenvalue weighted by Gasteiger charge is 2.19. The van der Waals surface area contributed by atoms with Crippen LogP contribution in [0.5, 0.6) is 0 Å². The third-order valence-corrected chi connectivity index (χ3v) is 7.76. The molecule has 0 aliphatic heterocycles. The van der Waals surface area contributed by atoms with Crippen LogP contribution in [0.3, 0.4) is 0 Å². The minimum absolute atomic E-state index is 0.613. The Balaban J connectivity index is 1.38. The first kappa shape index (κ1) is 24.9. The summed E-state index contributed by atoms with van der Waals surface area (Å²) in [4.78, 5) is 15.0. The van der Waals surface area contributed by atoms with Crippen LogP contribution in [-0.4, -0.2) is 15.0 Å². The molecule has 0 bridgehead atoms. The van der Waals surface area contributed by atoms with Crippen LogP contribution in [0.4, 0.5) is 0 Å². The second-order valence-electron chi connectivity index (χ2n) is 10.5. The lowest BCUT2D eigenvalue weighted by Crippen LogP contribution is -2.01. The molecule has 4 heteroatoms. The first-order valence-electron chi connectivity index (χ1n) is 14.3. The van der Waals surface area contributed by atoms with E-state index in [0.29, 0.717) is 17.5 Å². The van der Waals surface area contributed by atoms with Crippen LogP contribution in [0.1, 0.15) is 0 Å². The normalized spacial score (nSPS) is 11.3. The fourth-order valence-corrected chi connectivity index (χ4v) is 5.60. The first-order valence-corrected chi connectivity index (χ1v) is 14.3. The molecule has 0 unspecified atom stereocenters. The summed E-state index contributed by atoms with van der Waals surface area (Å²) in [6, 6.07) is 51.6. The molecule has 0 aliphatic rings. The van der Waals surface area contributed by atoms with Gasteiger partial charge in [-0.15, -0.1) is 0 Å². The highest BCUT2D eigenvalue weighted by atomic mass is 16.3. The summed E-state index contributed by atoms with van der Waals surface area (Å²) in [5.41, 5.74) is 8.86. The van der Waals surface area contributed by atoms with E-state index in [1.165, 1.54) is 5.56 Å². The van der Waals surface area contributed by atoms with Crippen LogP contribution in [0.15, 0.2) is 156 Å². The van der Waals surface area contributed by atoms with E-state index < -0.39 is 0 Å². The third-order valence-electron chi connectivity index (χ3n) is 7.76. The van der Waals surface area contributed by atoms with Gasteiger partial charge in [-0.2, -0.15) is 0 Å². The summed E-state index contributed by atoms with van der Waals surface area (Å²) in [7, 11) is 0. The molecule has 6 aromatic carbocycles. The predicted molar refractivity (Wildman–Crippen MR) is 174 cm³/mol. The van der Waals surface area contributed by atoms with Crippen molar-refractivity contribution in [2.75, 3.05) is 0 Å². The number of rotatable bonds is 5. The van der Waals surface area contributed by atoms with Crippen molar-refractivity contribution in [3.8, 4) is 56.4 Å². The topological polar surface area (TPSA) is 51.8 Å². The Kier molecular flexibility index (Phi) is 6.08. The van der Waals surface area contributed by atoms with E-state index in [1.807, 2.05) is 84.9 Å². The maximum atomic E-state index is 6.33. The minimum atomic E-state index is 0.613. The zero-order chi connectivity index (χ0) is 28.6. The lowest BCUT2D eigenvalue weighted by atomic mass is 9.95. The van der Waals surface area contributed by atoms with Gasteiger partial charge in [0.05, 0.1) is 0 Å². The molecule has 0 atom stereocenters. The van der Waals surface area contributed by atoms with Crippen molar-refractivity contribution in [1.82, 2.24) is 15.0 Å². The number of para-hydroxylation sites is 1. The van der Waals surface area contributed by atoms with Crippen LogP contribution in [0, 0.1) is 0 Å². The third kappa shape index (κ3) is 4.65. The van der Waals surface area contributed by atoms with Crippen LogP contribution < -0.4 is 0 Å². The van der Waals surface area contributed by atoms with Gasteiger partial charge in [0, 0.05) is 27.5 Å². The van der Waals surface area contributed by atoms with Crippen molar-refractivity contribution in [3.63, 3.8) is 0 Å². The Hall–Kier alpha value is -5.87. The van der Waals surface area contributed by atoms with Gasteiger partial charge in [-0.25, -0.2) is 15.0 Å². The van der Waals surface area contributed by atoms with Crippen LogP contribution in [0.2, 0.25) is 0 Å². The number of hydrogen-bond acceptors (Lipinski definition) is 4. The standard InChI is InChI=1S/C39H25N3O/c1-4-12-26(13-5-1)27-20-22-28(23-21-27)32-25-36-33(31-18-10-11-19-35(31)43-36)24-34(32)39-41-37(29-14-6-2-7-15-29)40-38(42-39)30-16-8-3-9-17-30/h1-25H. The number of aromatic nitrogens is 3. The minimum Gasteiger partial charge on any atom is -0.456 e. The Morgan fingerprint density at radius 1 is 0.326 bits per heavy atom. The maximum Gasteiger partial charge on any atom is 0.164 e. The Labute approximate surface area is 249 Å². The van der Waals surface area contributed by atoms with E-state index >= 15 is 0 Å². The molecule has 2 aromatic heterocycles. The molecule has 0 aliphatic carbocycles. The van der Waals surface area contributed by atoms with E-state index in [9.17, 15) is 0 Å². The molecular formula is C39H25N3O. The van der Waals surface area contributed by atoms with Crippen LogP contribution in [-0.2, 0) is 0 Å². The molecule has 8 rings (SSSR count). The van der Waals surface area contributed by atoms with Crippen LogP contribution in [0.25, 0.3) is 78.4 Å². The summed E-state index contributed by atoms with van der Waals surface area (Å²) >= 11 is 0.